The van der Waals surface area contributed by atoms with Crippen LogP contribution in [0.3, 0.4) is 0 Å². The maximum absolute atomic E-state index is 12.1. The van der Waals surface area contributed by atoms with Crippen LogP contribution in [0, 0.1) is 6.92 Å². The third kappa shape index (κ3) is 1.90. The van der Waals surface area contributed by atoms with Crippen molar-refractivity contribution < 1.29 is 4.39 Å². The molecule has 0 N–H and O–H groups in total. The van der Waals surface area contributed by atoms with Gasteiger partial charge in [0.25, 0.3) is 0 Å². The Hall–Kier alpha value is -1.11. The third-order valence-electron chi connectivity index (χ3n) is 1.59. The second kappa shape index (κ2) is 3.33. The van der Waals surface area contributed by atoms with Gasteiger partial charge in [0.1, 0.15) is 6.67 Å². The smallest absolute Gasteiger partial charge is 0.115 e. The molecule has 0 fully saturated rings. The van der Waals surface area contributed by atoms with Gasteiger partial charge in [0.2, 0.25) is 0 Å². The fourth-order valence-electron chi connectivity index (χ4n) is 0.942. The van der Waals surface area contributed by atoms with Crippen molar-refractivity contribution in [1.29, 1.82) is 0 Å². The first-order valence-corrected chi connectivity index (χ1v) is 3.55. The first-order valence-electron chi connectivity index (χ1n) is 3.55. The average molecular weight is 150 g/mol. The fraction of sp³-hybridized carbons (Fsp3) is 0.200. The van der Waals surface area contributed by atoms with Gasteiger partial charge in [-0.2, -0.15) is 0 Å². The van der Waals surface area contributed by atoms with Gasteiger partial charge in [-0.25, -0.2) is 4.39 Å². The maximum Gasteiger partial charge on any atom is 0.115 e. The van der Waals surface area contributed by atoms with Crippen LogP contribution in [0.25, 0.3) is 5.57 Å². The highest BCUT2D eigenvalue weighted by atomic mass is 19.1. The van der Waals surface area contributed by atoms with Crippen LogP contribution in [-0.4, -0.2) is 6.67 Å². The first-order chi connectivity index (χ1) is 5.24. The fourth-order valence-corrected chi connectivity index (χ4v) is 0.942. The molecule has 1 rings (SSSR count). The molecule has 0 aromatic heterocycles. The lowest BCUT2D eigenvalue weighted by Crippen LogP contribution is -1.84. The van der Waals surface area contributed by atoms with Gasteiger partial charge in [-0.15, -0.1) is 0 Å². The third-order valence-corrected chi connectivity index (χ3v) is 1.59. The minimum Gasteiger partial charge on any atom is -0.246 e. The minimum absolute atomic E-state index is 0.469. The molecule has 0 radical (unpaired) electrons. The van der Waals surface area contributed by atoms with Crippen LogP contribution >= 0.6 is 0 Å². The van der Waals surface area contributed by atoms with E-state index in [4.69, 9.17) is 0 Å². The predicted molar refractivity (Wildman–Crippen MR) is 46.2 cm³/mol. The zero-order valence-electron chi connectivity index (χ0n) is 6.60. The molecular formula is C10H11F. The lowest BCUT2D eigenvalue weighted by atomic mass is 10.1. The van der Waals surface area contributed by atoms with Gasteiger partial charge in [0, 0.05) is 0 Å². The maximum atomic E-state index is 12.1. The van der Waals surface area contributed by atoms with Gasteiger partial charge in [0.15, 0.2) is 0 Å². The van der Waals surface area contributed by atoms with Crippen LogP contribution < -0.4 is 0 Å². The quantitative estimate of drug-likeness (QED) is 0.608. The summed E-state index contributed by atoms with van der Waals surface area (Å²) in [7, 11) is 0. The summed E-state index contributed by atoms with van der Waals surface area (Å²) in [5.74, 6) is 0. The van der Waals surface area contributed by atoms with Crippen molar-refractivity contribution in [2.75, 3.05) is 6.67 Å². The zero-order chi connectivity index (χ0) is 8.27. The van der Waals surface area contributed by atoms with E-state index in [1.54, 1.807) is 0 Å². The van der Waals surface area contributed by atoms with E-state index < -0.39 is 6.67 Å². The molecule has 0 atom stereocenters. The van der Waals surface area contributed by atoms with Crippen LogP contribution in [0.2, 0.25) is 0 Å². The molecular weight excluding hydrogens is 139 g/mol. The number of rotatable bonds is 2. The van der Waals surface area contributed by atoms with Gasteiger partial charge in [-0.1, -0.05) is 36.4 Å². The molecule has 0 unspecified atom stereocenters. The van der Waals surface area contributed by atoms with Crippen LogP contribution in [-0.2, 0) is 0 Å². The summed E-state index contributed by atoms with van der Waals surface area (Å²) >= 11 is 0. The van der Waals surface area contributed by atoms with E-state index in [0.717, 1.165) is 11.1 Å². The predicted octanol–water partition coefficient (Wildman–Crippen LogP) is 2.98. The number of hydrogen-bond donors (Lipinski definition) is 0. The van der Waals surface area contributed by atoms with Gasteiger partial charge in [-0.3, -0.25) is 0 Å². The summed E-state index contributed by atoms with van der Waals surface area (Å²) in [5.41, 5.74) is 2.58. The van der Waals surface area contributed by atoms with Crippen molar-refractivity contribution in [3.8, 4) is 0 Å². The molecule has 0 bridgehead atoms. The molecule has 1 aromatic rings. The van der Waals surface area contributed by atoms with E-state index in [9.17, 15) is 4.39 Å². The molecule has 0 nitrogen and oxygen atoms in total. The summed E-state index contributed by atoms with van der Waals surface area (Å²) in [6.45, 7) is 5.12. The van der Waals surface area contributed by atoms with E-state index in [1.165, 1.54) is 0 Å². The van der Waals surface area contributed by atoms with Crippen LogP contribution in [0.5, 0.6) is 0 Å². The Morgan fingerprint density at radius 1 is 1.55 bits per heavy atom. The van der Waals surface area contributed by atoms with Crippen molar-refractivity contribution in [2.24, 2.45) is 0 Å². The molecule has 0 amide bonds. The van der Waals surface area contributed by atoms with E-state index in [1.807, 2.05) is 31.2 Å². The van der Waals surface area contributed by atoms with Crippen LogP contribution in [0.4, 0.5) is 4.39 Å². The molecule has 0 spiro atoms. The normalized spacial score (nSPS) is 9.64. The van der Waals surface area contributed by atoms with E-state index in [-0.39, 0.29) is 0 Å². The van der Waals surface area contributed by atoms with Crippen molar-refractivity contribution in [1.82, 2.24) is 0 Å². The van der Waals surface area contributed by atoms with Gasteiger partial charge in [0.05, 0.1) is 0 Å². The number of benzene rings is 1. The standard InChI is InChI=1S/C10H11F/c1-8-4-3-5-10(6-8)9(2)7-11/h3-6H,2,7H2,1H3. The highest BCUT2D eigenvalue weighted by Gasteiger charge is 1.96. The number of allylic oxidation sites excluding steroid dienone is 1. The van der Waals surface area contributed by atoms with Crippen molar-refractivity contribution in [3.05, 3.63) is 42.0 Å². The lowest BCUT2D eigenvalue weighted by molar-refractivity contribution is 0.572. The Labute approximate surface area is 66.4 Å². The molecule has 58 valence electrons. The molecule has 1 heteroatoms. The van der Waals surface area contributed by atoms with Gasteiger partial charge >= 0.3 is 0 Å². The average Bonchev–Trinajstić information content (AvgIpc) is 2.03. The van der Waals surface area contributed by atoms with Crippen molar-refractivity contribution >= 4 is 5.57 Å². The number of alkyl halides is 1. The van der Waals surface area contributed by atoms with E-state index in [0.29, 0.717) is 5.57 Å². The highest BCUT2D eigenvalue weighted by molar-refractivity contribution is 5.64. The Morgan fingerprint density at radius 2 is 2.27 bits per heavy atom. The topological polar surface area (TPSA) is 0 Å². The molecule has 0 aliphatic heterocycles. The number of aryl methyl sites for hydroxylation is 1. The monoisotopic (exact) mass is 150 g/mol. The summed E-state index contributed by atoms with van der Waals surface area (Å²) in [4.78, 5) is 0. The summed E-state index contributed by atoms with van der Waals surface area (Å²) < 4.78 is 12.1. The minimum atomic E-state index is -0.469. The summed E-state index contributed by atoms with van der Waals surface area (Å²) in [6, 6.07) is 7.69. The SMILES string of the molecule is C=C(CF)c1cccc(C)c1. The Balaban J connectivity index is 2.96. The van der Waals surface area contributed by atoms with E-state index in [2.05, 4.69) is 6.58 Å². The largest absolute Gasteiger partial charge is 0.246 e. The summed E-state index contributed by atoms with van der Waals surface area (Å²) in [6.07, 6.45) is 0. The van der Waals surface area contributed by atoms with E-state index >= 15 is 0 Å². The van der Waals surface area contributed by atoms with Gasteiger partial charge < -0.3 is 0 Å². The number of hydrogen-bond acceptors (Lipinski definition) is 0. The summed E-state index contributed by atoms with van der Waals surface area (Å²) in [5, 5.41) is 0. The van der Waals surface area contributed by atoms with Crippen LogP contribution in [0.15, 0.2) is 30.8 Å². The second-order valence-corrected chi connectivity index (χ2v) is 2.61. The molecule has 0 saturated carbocycles. The van der Waals surface area contributed by atoms with Crippen LogP contribution in [0.1, 0.15) is 11.1 Å². The Kier molecular flexibility index (Phi) is 2.42. The second-order valence-electron chi connectivity index (χ2n) is 2.61. The highest BCUT2D eigenvalue weighted by Crippen LogP contribution is 2.13. The van der Waals surface area contributed by atoms with Crippen molar-refractivity contribution in [2.45, 2.75) is 6.92 Å². The molecule has 0 heterocycles. The molecule has 1 aromatic carbocycles. The lowest BCUT2D eigenvalue weighted by Gasteiger charge is -2.00. The zero-order valence-corrected chi connectivity index (χ0v) is 6.60. The molecule has 0 aliphatic carbocycles. The first kappa shape index (κ1) is 7.99. The Morgan fingerprint density at radius 3 is 2.82 bits per heavy atom. The Bertz CT molecular complexity index is 263. The molecule has 0 aliphatic rings. The van der Waals surface area contributed by atoms with Gasteiger partial charge in [-0.05, 0) is 18.1 Å². The van der Waals surface area contributed by atoms with Crippen molar-refractivity contribution in [3.63, 3.8) is 0 Å². The number of halogens is 1. The molecule has 11 heavy (non-hydrogen) atoms. The molecule has 0 saturated heterocycles.